The summed E-state index contributed by atoms with van der Waals surface area (Å²) in [5.74, 6) is 4.06. The van der Waals surface area contributed by atoms with Crippen LogP contribution in [0.2, 0.25) is 19.6 Å². The summed E-state index contributed by atoms with van der Waals surface area (Å²) in [6.07, 6.45) is 0. The van der Waals surface area contributed by atoms with Gasteiger partial charge in [-0.2, -0.15) is 0 Å². The van der Waals surface area contributed by atoms with Crippen molar-refractivity contribution in [1.82, 2.24) is 0 Å². The fourth-order valence-electron chi connectivity index (χ4n) is 1.58. The van der Waals surface area contributed by atoms with Crippen molar-refractivity contribution in [2.75, 3.05) is 46.8 Å². The molecule has 5 heteroatoms. The molecule has 0 heterocycles. The molecule has 0 radical (unpaired) electrons. The molecule has 0 saturated heterocycles. The molecule has 0 N–H and O–H groups in total. The van der Waals surface area contributed by atoms with E-state index in [1.807, 2.05) is 24.3 Å². The Kier molecular flexibility index (Phi) is 9.65. The third-order valence-electron chi connectivity index (χ3n) is 2.74. The third kappa shape index (κ3) is 10.9. The van der Waals surface area contributed by atoms with Crippen LogP contribution in [0.5, 0.6) is 5.75 Å². The standard InChI is InChI=1S/C18H28O4Si/c1-19-10-11-20-12-13-21-14-15-22-18-7-5-17(6-8-18)9-16-23(2,3)4/h5-8H,10-15H2,1-4H3. The summed E-state index contributed by atoms with van der Waals surface area (Å²) >= 11 is 0. The van der Waals surface area contributed by atoms with E-state index in [0.717, 1.165) is 11.3 Å². The van der Waals surface area contributed by atoms with Crippen LogP contribution >= 0.6 is 0 Å². The highest BCUT2D eigenvalue weighted by Gasteiger charge is 2.07. The van der Waals surface area contributed by atoms with Crippen molar-refractivity contribution in [3.8, 4) is 17.2 Å². The Bertz CT molecular complexity index is 482. The Balaban J connectivity index is 2.15. The predicted octanol–water partition coefficient (Wildman–Crippen LogP) is 2.97. The van der Waals surface area contributed by atoms with Crippen LogP contribution in [-0.2, 0) is 14.2 Å². The molecule has 4 nitrogen and oxygen atoms in total. The van der Waals surface area contributed by atoms with Crippen LogP contribution in [0.15, 0.2) is 24.3 Å². The fourth-order valence-corrected chi connectivity index (χ4v) is 2.10. The van der Waals surface area contributed by atoms with Crippen molar-refractivity contribution >= 4 is 8.07 Å². The van der Waals surface area contributed by atoms with Crippen molar-refractivity contribution in [3.63, 3.8) is 0 Å². The van der Waals surface area contributed by atoms with Gasteiger partial charge in [-0.25, -0.2) is 0 Å². The molecule has 1 aromatic carbocycles. The lowest BCUT2D eigenvalue weighted by atomic mass is 10.2. The van der Waals surface area contributed by atoms with Crippen LogP contribution in [0.3, 0.4) is 0 Å². The normalized spacial score (nSPS) is 11.0. The van der Waals surface area contributed by atoms with E-state index in [4.69, 9.17) is 18.9 Å². The lowest BCUT2D eigenvalue weighted by molar-refractivity contribution is 0.0180. The maximum Gasteiger partial charge on any atom is 0.129 e. The van der Waals surface area contributed by atoms with E-state index < -0.39 is 8.07 Å². The topological polar surface area (TPSA) is 36.9 Å². The molecule has 1 aromatic rings. The Hall–Kier alpha value is -1.32. The molecule has 1 rings (SSSR count). The summed E-state index contributed by atoms with van der Waals surface area (Å²) in [5.41, 5.74) is 4.38. The minimum atomic E-state index is -1.32. The first-order valence-corrected chi connectivity index (χ1v) is 11.4. The third-order valence-corrected chi connectivity index (χ3v) is 3.61. The molecule has 0 aliphatic heterocycles. The minimum Gasteiger partial charge on any atom is -0.491 e. The first kappa shape index (κ1) is 19.7. The summed E-state index contributed by atoms with van der Waals surface area (Å²) in [7, 11) is 0.331. The van der Waals surface area contributed by atoms with Gasteiger partial charge in [0.15, 0.2) is 0 Å². The zero-order valence-electron chi connectivity index (χ0n) is 14.7. The summed E-state index contributed by atoms with van der Waals surface area (Å²) < 4.78 is 21.2. The van der Waals surface area contributed by atoms with Crippen LogP contribution in [0, 0.1) is 11.5 Å². The quantitative estimate of drug-likeness (QED) is 0.374. The van der Waals surface area contributed by atoms with Gasteiger partial charge < -0.3 is 18.9 Å². The van der Waals surface area contributed by atoms with Crippen molar-refractivity contribution in [2.24, 2.45) is 0 Å². The summed E-state index contributed by atoms with van der Waals surface area (Å²) in [6.45, 7) is 10.1. The number of benzene rings is 1. The van der Waals surface area contributed by atoms with E-state index in [2.05, 4.69) is 31.1 Å². The summed E-state index contributed by atoms with van der Waals surface area (Å²) in [6, 6.07) is 7.88. The first-order chi connectivity index (χ1) is 11.0. The zero-order chi connectivity index (χ0) is 17.0. The molecular formula is C18H28O4Si. The van der Waals surface area contributed by atoms with Gasteiger partial charge in [0.2, 0.25) is 0 Å². The molecule has 23 heavy (non-hydrogen) atoms. The van der Waals surface area contributed by atoms with Gasteiger partial charge in [-0.1, -0.05) is 25.6 Å². The summed E-state index contributed by atoms with van der Waals surface area (Å²) in [4.78, 5) is 0. The van der Waals surface area contributed by atoms with Gasteiger partial charge in [-0.05, 0) is 24.3 Å². The molecule has 0 aliphatic rings. The van der Waals surface area contributed by atoms with Crippen molar-refractivity contribution in [1.29, 1.82) is 0 Å². The highest BCUT2D eigenvalue weighted by atomic mass is 28.3. The minimum absolute atomic E-state index is 0.526. The Morgan fingerprint density at radius 3 is 1.96 bits per heavy atom. The second kappa shape index (κ2) is 11.2. The lowest BCUT2D eigenvalue weighted by Crippen LogP contribution is -2.16. The fraction of sp³-hybridized carbons (Fsp3) is 0.556. The molecule has 0 unspecified atom stereocenters. The van der Waals surface area contributed by atoms with E-state index >= 15 is 0 Å². The monoisotopic (exact) mass is 336 g/mol. The average molecular weight is 337 g/mol. The van der Waals surface area contributed by atoms with Gasteiger partial charge in [0.05, 0.1) is 33.0 Å². The SMILES string of the molecule is COCCOCCOCCOc1ccc(C#C[Si](C)(C)C)cc1. The summed E-state index contributed by atoms with van der Waals surface area (Å²) in [5, 5.41) is 0. The molecule has 128 valence electrons. The lowest BCUT2D eigenvalue weighted by Gasteiger charge is -2.08. The predicted molar refractivity (Wildman–Crippen MR) is 95.7 cm³/mol. The average Bonchev–Trinajstić information content (AvgIpc) is 2.52. The molecule has 0 saturated carbocycles. The van der Waals surface area contributed by atoms with Gasteiger partial charge in [0.25, 0.3) is 0 Å². The second-order valence-electron chi connectivity index (χ2n) is 6.09. The number of hydrogen-bond acceptors (Lipinski definition) is 4. The second-order valence-corrected chi connectivity index (χ2v) is 10.8. The van der Waals surface area contributed by atoms with Gasteiger partial charge in [-0.15, -0.1) is 5.54 Å². The highest BCUT2D eigenvalue weighted by molar-refractivity contribution is 6.83. The van der Waals surface area contributed by atoms with Crippen molar-refractivity contribution in [3.05, 3.63) is 29.8 Å². The van der Waals surface area contributed by atoms with Crippen LogP contribution < -0.4 is 4.74 Å². The van der Waals surface area contributed by atoms with Gasteiger partial charge in [0, 0.05) is 12.7 Å². The highest BCUT2D eigenvalue weighted by Crippen LogP contribution is 2.11. The zero-order valence-corrected chi connectivity index (χ0v) is 15.7. The number of methoxy groups -OCH3 is 1. The van der Waals surface area contributed by atoms with Crippen LogP contribution in [0.25, 0.3) is 0 Å². The van der Waals surface area contributed by atoms with Crippen molar-refractivity contribution in [2.45, 2.75) is 19.6 Å². The Morgan fingerprint density at radius 1 is 0.826 bits per heavy atom. The number of rotatable bonds is 10. The molecule has 0 aromatic heterocycles. The van der Waals surface area contributed by atoms with E-state index in [-0.39, 0.29) is 0 Å². The van der Waals surface area contributed by atoms with Gasteiger partial charge in [-0.3, -0.25) is 0 Å². The maximum atomic E-state index is 5.63. The van der Waals surface area contributed by atoms with E-state index in [1.165, 1.54) is 0 Å². The number of ether oxygens (including phenoxy) is 4. The van der Waals surface area contributed by atoms with Crippen LogP contribution in [-0.4, -0.2) is 54.8 Å². The number of hydrogen-bond donors (Lipinski definition) is 0. The van der Waals surface area contributed by atoms with Crippen LogP contribution in [0.1, 0.15) is 5.56 Å². The van der Waals surface area contributed by atoms with Gasteiger partial charge in [0.1, 0.15) is 20.4 Å². The molecule has 0 spiro atoms. The molecule has 0 bridgehead atoms. The van der Waals surface area contributed by atoms with E-state index in [9.17, 15) is 0 Å². The Morgan fingerprint density at radius 2 is 1.39 bits per heavy atom. The molecule has 0 fully saturated rings. The molecular weight excluding hydrogens is 308 g/mol. The maximum absolute atomic E-state index is 5.63. The van der Waals surface area contributed by atoms with E-state index in [0.29, 0.717) is 39.6 Å². The molecule has 0 amide bonds. The largest absolute Gasteiger partial charge is 0.491 e. The van der Waals surface area contributed by atoms with E-state index in [1.54, 1.807) is 7.11 Å². The van der Waals surface area contributed by atoms with Crippen LogP contribution in [0.4, 0.5) is 0 Å². The molecule has 0 aliphatic carbocycles. The van der Waals surface area contributed by atoms with Crippen molar-refractivity contribution < 1.29 is 18.9 Å². The Labute approximate surface area is 141 Å². The smallest absolute Gasteiger partial charge is 0.129 e. The first-order valence-electron chi connectivity index (χ1n) is 7.92. The van der Waals surface area contributed by atoms with Gasteiger partial charge >= 0.3 is 0 Å². The molecule has 0 atom stereocenters.